The SMILES string of the molecule is O=C(CCS(=O)(=O)c1ccccc1)NCc1ccsc1. The van der Waals surface area contributed by atoms with E-state index in [9.17, 15) is 13.2 Å². The zero-order valence-electron chi connectivity index (χ0n) is 10.8. The van der Waals surface area contributed by atoms with E-state index in [1.54, 1.807) is 41.7 Å². The second-order valence-electron chi connectivity index (χ2n) is 4.29. The topological polar surface area (TPSA) is 63.2 Å². The molecule has 4 nitrogen and oxygen atoms in total. The van der Waals surface area contributed by atoms with Gasteiger partial charge in [-0.15, -0.1) is 0 Å². The molecule has 0 bridgehead atoms. The summed E-state index contributed by atoms with van der Waals surface area (Å²) in [6.07, 6.45) is -0.0264. The van der Waals surface area contributed by atoms with Crippen molar-refractivity contribution in [1.82, 2.24) is 5.32 Å². The van der Waals surface area contributed by atoms with Crippen molar-refractivity contribution in [2.75, 3.05) is 5.75 Å². The average Bonchev–Trinajstić information content (AvgIpc) is 2.97. The van der Waals surface area contributed by atoms with Crippen molar-refractivity contribution < 1.29 is 13.2 Å². The van der Waals surface area contributed by atoms with Gasteiger partial charge in [-0.2, -0.15) is 11.3 Å². The molecule has 0 aliphatic rings. The van der Waals surface area contributed by atoms with E-state index in [2.05, 4.69) is 5.32 Å². The van der Waals surface area contributed by atoms with Crippen molar-refractivity contribution in [3.8, 4) is 0 Å². The number of carbonyl (C=O) groups is 1. The molecule has 1 aromatic heterocycles. The molecule has 0 saturated heterocycles. The summed E-state index contributed by atoms with van der Waals surface area (Å²) in [6, 6.07) is 10.1. The molecule has 2 aromatic rings. The van der Waals surface area contributed by atoms with Gasteiger partial charge >= 0.3 is 0 Å². The molecule has 0 fully saturated rings. The molecule has 106 valence electrons. The maximum Gasteiger partial charge on any atom is 0.221 e. The molecule has 6 heteroatoms. The van der Waals surface area contributed by atoms with E-state index < -0.39 is 9.84 Å². The first-order valence-corrected chi connectivity index (χ1v) is 8.73. The van der Waals surface area contributed by atoms with Gasteiger partial charge in [-0.25, -0.2) is 8.42 Å². The first-order valence-electron chi connectivity index (χ1n) is 6.13. The Labute approximate surface area is 122 Å². The number of carbonyl (C=O) groups excluding carboxylic acids is 1. The van der Waals surface area contributed by atoms with E-state index in [0.29, 0.717) is 6.54 Å². The van der Waals surface area contributed by atoms with Crippen molar-refractivity contribution in [3.63, 3.8) is 0 Å². The highest BCUT2D eigenvalue weighted by molar-refractivity contribution is 7.91. The Bertz CT molecular complexity index is 649. The Hall–Kier alpha value is -1.66. The summed E-state index contributed by atoms with van der Waals surface area (Å²) < 4.78 is 24.0. The summed E-state index contributed by atoms with van der Waals surface area (Å²) in [7, 11) is -3.39. The maximum absolute atomic E-state index is 12.0. The first kappa shape index (κ1) is 14.7. The van der Waals surface area contributed by atoms with Crippen LogP contribution < -0.4 is 5.32 Å². The van der Waals surface area contributed by atoms with Crippen LogP contribution in [-0.2, 0) is 21.2 Å². The van der Waals surface area contributed by atoms with Gasteiger partial charge in [-0.05, 0) is 34.5 Å². The molecule has 0 unspecified atom stereocenters. The van der Waals surface area contributed by atoms with Crippen molar-refractivity contribution in [3.05, 3.63) is 52.7 Å². The van der Waals surface area contributed by atoms with Crippen LogP contribution in [0.1, 0.15) is 12.0 Å². The third-order valence-corrected chi connectivity index (χ3v) is 5.23. The zero-order valence-corrected chi connectivity index (χ0v) is 12.4. The van der Waals surface area contributed by atoms with Gasteiger partial charge in [0.25, 0.3) is 0 Å². The van der Waals surface area contributed by atoms with Crippen molar-refractivity contribution in [2.24, 2.45) is 0 Å². The lowest BCUT2D eigenvalue weighted by Gasteiger charge is -2.05. The van der Waals surface area contributed by atoms with E-state index in [-0.39, 0.29) is 23.0 Å². The molecular weight excluding hydrogens is 294 g/mol. The number of hydrogen-bond acceptors (Lipinski definition) is 4. The highest BCUT2D eigenvalue weighted by atomic mass is 32.2. The van der Waals surface area contributed by atoms with Gasteiger partial charge in [0, 0.05) is 13.0 Å². The normalized spacial score (nSPS) is 11.2. The molecule has 0 saturated carbocycles. The molecule has 1 aromatic carbocycles. The molecule has 0 atom stereocenters. The van der Waals surface area contributed by atoms with E-state index >= 15 is 0 Å². The van der Waals surface area contributed by atoms with Crippen LogP contribution in [0.3, 0.4) is 0 Å². The molecule has 1 N–H and O–H groups in total. The summed E-state index contributed by atoms with van der Waals surface area (Å²) >= 11 is 1.56. The van der Waals surface area contributed by atoms with Crippen molar-refractivity contribution in [2.45, 2.75) is 17.9 Å². The molecule has 1 amide bonds. The zero-order chi connectivity index (χ0) is 14.4. The molecule has 0 radical (unpaired) electrons. The molecule has 2 rings (SSSR count). The maximum atomic E-state index is 12.0. The lowest BCUT2D eigenvalue weighted by molar-refractivity contribution is -0.120. The Balaban J connectivity index is 1.84. The summed E-state index contributed by atoms with van der Waals surface area (Å²) in [5, 5.41) is 6.59. The van der Waals surface area contributed by atoms with Gasteiger partial charge in [-0.3, -0.25) is 4.79 Å². The average molecular weight is 309 g/mol. The van der Waals surface area contributed by atoms with Crippen LogP contribution in [0, 0.1) is 0 Å². The standard InChI is InChI=1S/C14H15NO3S2/c16-14(15-10-12-6-8-19-11-12)7-9-20(17,18)13-4-2-1-3-5-13/h1-6,8,11H,7,9-10H2,(H,15,16). The van der Waals surface area contributed by atoms with Crippen molar-refractivity contribution >= 4 is 27.1 Å². The summed E-state index contributed by atoms with van der Waals surface area (Å²) in [5.74, 6) is -0.428. The Morgan fingerprint density at radius 3 is 2.55 bits per heavy atom. The molecule has 0 spiro atoms. The van der Waals surface area contributed by atoms with E-state index in [1.165, 1.54) is 0 Å². The first-order chi connectivity index (χ1) is 9.58. The lowest BCUT2D eigenvalue weighted by Crippen LogP contribution is -2.25. The van der Waals surface area contributed by atoms with E-state index in [0.717, 1.165) is 5.56 Å². The summed E-state index contributed by atoms with van der Waals surface area (Å²) in [6.45, 7) is 0.438. The molecule has 1 heterocycles. The van der Waals surface area contributed by atoms with Gasteiger partial charge in [0.15, 0.2) is 9.84 Å². The minimum Gasteiger partial charge on any atom is -0.352 e. The number of sulfone groups is 1. The number of thiophene rings is 1. The van der Waals surface area contributed by atoms with Gasteiger partial charge < -0.3 is 5.32 Å². The molecule has 0 aliphatic heterocycles. The minimum atomic E-state index is -3.39. The Morgan fingerprint density at radius 2 is 1.90 bits per heavy atom. The van der Waals surface area contributed by atoms with Crippen LogP contribution in [0.5, 0.6) is 0 Å². The van der Waals surface area contributed by atoms with Crippen LogP contribution in [0.25, 0.3) is 0 Å². The molecule has 0 aliphatic carbocycles. The second-order valence-corrected chi connectivity index (χ2v) is 7.18. The van der Waals surface area contributed by atoms with E-state index in [4.69, 9.17) is 0 Å². The van der Waals surface area contributed by atoms with E-state index in [1.807, 2.05) is 16.8 Å². The summed E-state index contributed by atoms with van der Waals surface area (Å²) in [5.41, 5.74) is 1.02. The van der Waals surface area contributed by atoms with Gasteiger partial charge in [0.05, 0.1) is 10.6 Å². The van der Waals surface area contributed by atoms with Crippen molar-refractivity contribution in [1.29, 1.82) is 0 Å². The van der Waals surface area contributed by atoms with Crippen LogP contribution in [0.2, 0.25) is 0 Å². The third-order valence-electron chi connectivity index (χ3n) is 2.77. The highest BCUT2D eigenvalue weighted by Gasteiger charge is 2.15. The predicted octanol–water partition coefficient (Wildman–Crippen LogP) is 2.23. The fourth-order valence-electron chi connectivity index (χ4n) is 1.66. The largest absolute Gasteiger partial charge is 0.352 e. The lowest BCUT2D eigenvalue weighted by atomic mass is 10.3. The number of benzene rings is 1. The minimum absolute atomic E-state index is 0.0264. The molecular formula is C14H15NO3S2. The highest BCUT2D eigenvalue weighted by Crippen LogP contribution is 2.11. The third kappa shape index (κ3) is 4.18. The number of rotatable bonds is 6. The number of nitrogens with one attached hydrogen (secondary N) is 1. The van der Waals surface area contributed by atoms with Crippen LogP contribution in [0.4, 0.5) is 0 Å². The summed E-state index contributed by atoms with van der Waals surface area (Å²) in [4.78, 5) is 11.9. The second kappa shape index (κ2) is 6.67. The number of amides is 1. The Kier molecular flexibility index (Phi) is 4.92. The van der Waals surface area contributed by atoms with Gasteiger partial charge in [0.1, 0.15) is 0 Å². The quantitative estimate of drug-likeness (QED) is 0.890. The van der Waals surface area contributed by atoms with Crippen LogP contribution in [-0.4, -0.2) is 20.1 Å². The van der Waals surface area contributed by atoms with Gasteiger partial charge in [0.2, 0.25) is 5.91 Å². The monoisotopic (exact) mass is 309 g/mol. The van der Waals surface area contributed by atoms with Gasteiger partial charge in [-0.1, -0.05) is 18.2 Å². The number of hydrogen-bond donors (Lipinski definition) is 1. The van der Waals surface area contributed by atoms with Crippen LogP contribution in [0.15, 0.2) is 52.1 Å². The molecule has 20 heavy (non-hydrogen) atoms. The Morgan fingerprint density at radius 1 is 1.15 bits per heavy atom. The fraction of sp³-hybridized carbons (Fsp3) is 0.214. The fourth-order valence-corrected chi connectivity index (χ4v) is 3.59. The predicted molar refractivity (Wildman–Crippen MR) is 79.3 cm³/mol. The van der Waals surface area contributed by atoms with Crippen LogP contribution >= 0.6 is 11.3 Å². The smallest absolute Gasteiger partial charge is 0.221 e.